The lowest BCUT2D eigenvalue weighted by molar-refractivity contribution is 0.112. The van der Waals surface area contributed by atoms with Crippen LogP contribution in [0.1, 0.15) is 48.5 Å². The number of aldehydes is 1. The molecule has 3 rings (SSSR count). The molecule has 1 aliphatic rings. The van der Waals surface area contributed by atoms with E-state index in [1.807, 2.05) is 24.3 Å². The van der Waals surface area contributed by atoms with Crippen molar-refractivity contribution in [2.24, 2.45) is 5.92 Å². The molecule has 0 aliphatic heterocycles. The summed E-state index contributed by atoms with van der Waals surface area (Å²) < 4.78 is 6.23. The van der Waals surface area contributed by atoms with E-state index in [9.17, 15) is 4.79 Å². The predicted octanol–water partition coefficient (Wildman–Crippen LogP) is 4.92. The maximum Gasteiger partial charge on any atom is 0.150 e. The van der Waals surface area contributed by atoms with E-state index in [1.165, 1.54) is 12.8 Å². The number of carbonyl (C=O) groups excluding carboxylic acids is 1. The number of hydrogen-bond donors (Lipinski definition) is 0. The summed E-state index contributed by atoms with van der Waals surface area (Å²) in [4.78, 5) is 11.3. The quantitative estimate of drug-likeness (QED) is 0.747. The number of hydrogen-bond acceptors (Lipinski definition) is 2. The Morgan fingerprint density at radius 3 is 2.57 bits per heavy atom. The summed E-state index contributed by atoms with van der Waals surface area (Å²) >= 11 is 0. The van der Waals surface area contributed by atoms with Gasteiger partial charge in [0.05, 0.1) is 6.10 Å². The lowest BCUT2D eigenvalue weighted by atomic mass is 9.89. The molecule has 1 aliphatic carbocycles. The van der Waals surface area contributed by atoms with Crippen LogP contribution in [0.25, 0.3) is 10.8 Å². The molecule has 1 fully saturated rings. The molecule has 2 aromatic rings. The van der Waals surface area contributed by atoms with Crippen LogP contribution in [0.3, 0.4) is 0 Å². The van der Waals surface area contributed by atoms with Crippen molar-refractivity contribution in [1.82, 2.24) is 0 Å². The standard InChI is InChI=1S/C19H22O2/c1-13-6-9-17(10-7-13)21-18-11-8-15-4-3-5-16(12-20)19(15)14(18)2/h3-5,8,11-13,17H,6-7,9-10H2,1-2H3. The molecule has 0 aromatic heterocycles. The molecule has 1 saturated carbocycles. The SMILES string of the molecule is Cc1c(OC2CCC(C)CC2)ccc2cccc(C=O)c12. The molecule has 0 unspecified atom stereocenters. The van der Waals surface area contributed by atoms with E-state index >= 15 is 0 Å². The van der Waals surface area contributed by atoms with Gasteiger partial charge in [-0.25, -0.2) is 0 Å². The predicted molar refractivity (Wildman–Crippen MR) is 86.1 cm³/mol. The first kappa shape index (κ1) is 14.1. The van der Waals surface area contributed by atoms with Gasteiger partial charge in [0, 0.05) is 5.56 Å². The monoisotopic (exact) mass is 282 g/mol. The first-order valence-corrected chi connectivity index (χ1v) is 7.83. The van der Waals surface area contributed by atoms with Crippen LogP contribution in [0.5, 0.6) is 5.75 Å². The van der Waals surface area contributed by atoms with Crippen molar-refractivity contribution in [3.05, 3.63) is 41.5 Å². The molecule has 0 heterocycles. The van der Waals surface area contributed by atoms with E-state index < -0.39 is 0 Å². The smallest absolute Gasteiger partial charge is 0.150 e. The van der Waals surface area contributed by atoms with E-state index in [2.05, 4.69) is 19.9 Å². The van der Waals surface area contributed by atoms with Crippen LogP contribution in [0, 0.1) is 12.8 Å². The van der Waals surface area contributed by atoms with Crippen LogP contribution < -0.4 is 4.74 Å². The van der Waals surface area contributed by atoms with Gasteiger partial charge < -0.3 is 4.74 Å². The third-order valence-corrected chi connectivity index (χ3v) is 4.67. The molecule has 0 spiro atoms. The minimum absolute atomic E-state index is 0.320. The van der Waals surface area contributed by atoms with Crippen LogP contribution in [-0.2, 0) is 0 Å². The highest BCUT2D eigenvalue weighted by Crippen LogP contribution is 2.33. The molecule has 21 heavy (non-hydrogen) atoms. The molecule has 0 atom stereocenters. The summed E-state index contributed by atoms with van der Waals surface area (Å²) in [6.07, 6.45) is 6.01. The zero-order valence-corrected chi connectivity index (χ0v) is 12.8. The second kappa shape index (κ2) is 5.88. The molecule has 0 saturated heterocycles. The maximum atomic E-state index is 11.3. The van der Waals surface area contributed by atoms with Gasteiger partial charge in [-0.1, -0.05) is 31.2 Å². The van der Waals surface area contributed by atoms with Crippen LogP contribution in [0.2, 0.25) is 0 Å². The molecular formula is C19H22O2. The van der Waals surface area contributed by atoms with Gasteiger partial charge >= 0.3 is 0 Å². The van der Waals surface area contributed by atoms with Crippen LogP contribution in [-0.4, -0.2) is 12.4 Å². The number of aryl methyl sites for hydroxylation is 1. The normalized spacial score (nSPS) is 22.2. The van der Waals surface area contributed by atoms with Crippen molar-refractivity contribution in [2.45, 2.75) is 45.6 Å². The Balaban J connectivity index is 1.92. The molecule has 2 nitrogen and oxygen atoms in total. The van der Waals surface area contributed by atoms with Gasteiger partial charge in [-0.15, -0.1) is 0 Å². The summed E-state index contributed by atoms with van der Waals surface area (Å²) in [5, 5.41) is 2.12. The number of carbonyl (C=O) groups is 1. The van der Waals surface area contributed by atoms with Gasteiger partial charge in [-0.3, -0.25) is 4.79 Å². The highest BCUT2D eigenvalue weighted by atomic mass is 16.5. The average molecular weight is 282 g/mol. The third-order valence-electron chi connectivity index (χ3n) is 4.67. The number of fused-ring (bicyclic) bond motifs is 1. The molecule has 2 heteroatoms. The molecule has 0 radical (unpaired) electrons. The van der Waals surface area contributed by atoms with Crippen LogP contribution in [0.15, 0.2) is 30.3 Å². The molecule has 110 valence electrons. The summed E-state index contributed by atoms with van der Waals surface area (Å²) in [6, 6.07) is 9.94. The van der Waals surface area contributed by atoms with E-state index in [0.29, 0.717) is 6.10 Å². The number of rotatable bonds is 3. The van der Waals surface area contributed by atoms with Crippen molar-refractivity contribution in [2.75, 3.05) is 0 Å². The zero-order valence-electron chi connectivity index (χ0n) is 12.8. The van der Waals surface area contributed by atoms with Gasteiger partial charge in [0.2, 0.25) is 0 Å². The fourth-order valence-electron chi connectivity index (χ4n) is 3.33. The van der Waals surface area contributed by atoms with Gasteiger partial charge in [-0.05, 0) is 60.9 Å². The number of benzene rings is 2. The molecule has 0 N–H and O–H groups in total. The first-order chi connectivity index (χ1) is 10.2. The molecular weight excluding hydrogens is 260 g/mol. The second-order valence-corrected chi connectivity index (χ2v) is 6.25. The molecule has 0 bridgehead atoms. The van der Waals surface area contributed by atoms with Gasteiger partial charge in [0.15, 0.2) is 6.29 Å². The van der Waals surface area contributed by atoms with Gasteiger partial charge in [0.25, 0.3) is 0 Å². The van der Waals surface area contributed by atoms with Crippen molar-refractivity contribution in [3.8, 4) is 5.75 Å². The Hall–Kier alpha value is -1.83. The van der Waals surface area contributed by atoms with E-state index in [0.717, 1.165) is 52.7 Å². The zero-order chi connectivity index (χ0) is 14.8. The summed E-state index contributed by atoms with van der Waals surface area (Å²) in [6.45, 7) is 4.37. The van der Waals surface area contributed by atoms with E-state index in [-0.39, 0.29) is 0 Å². The Morgan fingerprint density at radius 1 is 1.10 bits per heavy atom. The van der Waals surface area contributed by atoms with Gasteiger partial charge in [-0.2, -0.15) is 0 Å². The van der Waals surface area contributed by atoms with Crippen molar-refractivity contribution < 1.29 is 9.53 Å². The van der Waals surface area contributed by atoms with Gasteiger partial charge in [0.1, 0.15) is 5.75 Å². The topological polar surface area (TPSA) is 26.3 Å². The fraction of sp³-hybridized carbons (Fsp3) is 0.421. The molecule has 0 amide bonds. The fourth-order valence-corrected chi connectivity index (χ4v) is 3.33. The minimum Gasteiger partial charge on any atom is -0.490 e. The van der Waals surface area contributed by atoms with Crippen molar-refractivity contribution in [3.63, 3.8) is 0 Å². The highest BCUT2D eigenvalue weighted by molar-refractivity contribution is 6.00. The molecule has 2 aromatic carbocycles. The average Bonchev–Trinajstić information content (AvgIpc) is 2.51. The van der Waals surface area contributed by atoms with E-state index in [4.69, 9.17) is 4.74 Å². The van der Waals surface area contributed by atoms with E-state index in [1.54, 1.807) is 0 Å². The maximum absolute atomic E-state index is 11.3. The lowest BCUT2D eigenvalue weighted by Crippen LogP contribution is -2.23. The van der Waals surface area contributed by atoms with Crippen LogP contribution >= 0.6 is 0 Å². The summed E-state index contributed by atoms with van der Waals surface area (Å²) in [5.41, 5.74) is 1.82. The number of ether oxygens (including phenoxy) is 1. The highest BCUT2D eigenvalue weighted by Gasteiger charge is 2.20. The summed E-state index contributed by atoms with van der Waals surface area (Å²) in [7, 11) is 0. The first-order valence-electron chi connectivity index (χ1n) is 7.83. The minimum atomic E-state index is 0.320. The Kier molecular flexibility index (Phi) is 3.96. The van der Waals surface area contributed by atoms with Crippen molar-refractivity contribution >= 4 is 17.1 Å². The summed E-state index contributed by atoms with van der Waals surface area (Å²) in [5.74, 6) is 1.75. The largest absolute Gasteiger partial charge is 0.490 e. The second-order valence-electron chi connectivity index (χ2n) is 6.25. The van der Waals surface area contributed by atoms with Crippen molar-refractivity contribution in [1.29, 1.82) is 0 Å². The third kappa shape index (κ3) is 2.80. The Bertz CT molecular complexity index is 652. The Labute approximate surface area is 126 Å². The Morgan fingerprint density at radius 2 is 1.86 bits per heavy atom. The lowest BCUT2D eigenvalue weighted by Gasteiger charge is -2.27. The van der Waals surface area contributed by atoms with Crippen LogP contribution in [0.4, 0.5) is 0 Å².